The first kappa shape index (κ1) is 25.7. The van der Waals surface area contributed by atoms with Gasteiger partial charge in [-0.1, -0.05) is 23.2 Å². The van der Waals surface area contributed by atoms with Crippen molar-refractivity contribution in [2.24, 2.45) is 4.99 Å². The zero-order valence-electron chi connectivity index (χ0n) is 15.9. The molecule has 2 atom stereocenters. The van der Waals surface area contributed by atoms with E-state index in [1.807, 2.05) is 6.92 Å². The molecule has 1 aromatic carbocycles. The molecule has 0 bridgehead atoms. The van der Waals surface area contributed by atoms with Crippen LogP contribution < -0.4 is 10.6 Å². The molecule has 0 amide bonds. The van der Waals surface area contributed by atoms with Crippen LogP contribution in [0.5, 0.6) is 0 Å². The molecule has 1 heterocycles. The fourth-order valence-corrected chi connectivity index (χ4v) is 4.78. The second kappa shape index (κ2) is 11.8. The van der Waals surface area contributed by atoms with Crippen LogP contribution in [0.4, 0.5) is 0 Å². The number of nitrogens with one attached hydrogen (secondary N) is 2. The molecule has 1 aliphatic heterocycles. The molecule has 7 nitrogen and oxygen atoms in total. The predicted octanol–water partition coefficient (Wildman–Crippen LogP) is 2.62. The lowest BCUT2D eigenvalue weighted by Gasteiger charge is -2.23. The van der Waals surface area contributed by atoms with E-state index in [1.54, 1.807) is 18.2 Å². The first-order chi connectivity index (χ1) is 12.7. The highest BCUT2D eigenvalue weighted by Gasteiger charge is 2.31. The minimum absolute atomic E-state index is 0. The van der Waals surface area contributed by atoms with Gasteiger partial charge in [0.15, 0.2) is 5.96 Å². The van der Waals surface area contributed by atoms with Crippen molar-refractivity contribution in [3.8, 4) is 0 Å². The summed E-state index contributed by atoms with van der Waals surface area (Å²) in [5.41, 5.74) is 0.589. The second-order valence-corrected chi connectivity index (χ2v) is 9.30. The van der Waals surface area contributed by atoms with Gasteiger partial charge in [0, 0.05) is 35.7 Å². The van der Waals surface area contributed by atoms with Crippen molar-refractivity contribution in [2.75, 3.05) is 32.4 Å². The minimum atomic E-state index is -3.21. The van der Waals surface area contributed by atoms with E-state index in [0.29, 0.717) is 41.2 Å². The Morgan fingerprint density at radius 2 is 1.96 bits per heavy atom. The largest absolute Gasteiger partial charge is 0.386 e. The Balaban J connectivity index is 0.00000392. The van der Waals surface area contributed by atoms with Gasteiger partial charge in [0.1, 0.15) is 0 Å². The molecule has 28 heavy (non-hydrogen) atoms. The van der Waals surface area contributed by atoms with Gasteiger partial charge in [-0.05, 0) is 43.5 Å². The van der Waals surface area contributed by atoms with E-state index < -0.39 is 16.1 Å². The summed E-state index contributed by atoms with van der Waals surface area (Å²) in [6.07, 6.45) is 2.04. The van der Waals surface area contributed by atoms with Crippen molar-refractivity contribution in [1.29, 1.82) is 0 Å². The number of nitrogens with zero attached hydrogens (tertiary/aromatic N) is 2. The van der Waals surface area contributed by atoms with Crippen LogP contribution in [0.2, 0.25) is 10.0 Å². The first-order valence-electron chi connectivity index (χ1n) is 8.83. The van der Waals surface area contributed by atoms with Crippen LogP contribution in [-0.4, -0.2) is 62.3 Å². The van der Waals surface area contributed by atoms with Crippen molar-refractivity contribution in [3.05, 3.63) is 33.8 Å². The topological polar surface area (TPSA) is 94.0 Å². The van der Waals surface area contributed by atoms with Crippen molar-refractivity contribution in [2.45, 2.75) is 31.9 Å². The monoisotopic (exact) mass is 564 g/mol. The summed E-state index contributed by atoms with van der Waals surface area (Å²) in [6.45, 7) is 3.70. The van der Waals surface area contributed by atoms with Crippen LogP contribution in [0.1, 0.15) is 31.4 Å². The van der Waals surface area contributed by atoms with E-state index in [1.165, 1.54) is 10.6 Å². The van der Waals surface area contributed by atoms with Gasteiger partial charge < -0.3 is 15.7 Å². The molecule has 1 aromatic rings. The predicted molar refractivity (Wildman–Crippen MR) is 125 cm³/mol. The average molecular weight is 565 g/mol. The van der Waals surface area contributed by atoms with Gasteiger partial charge in [0.2, 0.25) is 10.0 Å². The Bertz CT molecular complexity index is 759. The SMILES string of the molecule is CCNC(=NCC(O)c1cc(Cl)cc(Cl)c1)NC[C@H]1CCCN1S(C)(=O)=O.I. The zero-order chi connectivity index (χ0) is 20.0. The molecule has 0 saturated carbocycles. The van der Waals surface area contributed by atoms with Crippen LogP contribution in [-0.2, 0) is 10.0 Å². The second-order valence-electron chi connectivity index (χ2n) is 6.49. The lowest BCUT2D eigenvalue weighted by molar-refractivity contribution is 0.187. The third-order valence-electron chi connectivity index (χ3n) is 4.29. The van der Waals surface area contributed by atoms with Gasteiger partial charge in [0.05, 0.1) is 18.9 Å². The van der Waals surface area contributed by atoms with E-state index >= 15 is 0 Å². The summed E-state index contributed by atoms with van der Waals surface area (Å²) in [7, 11) is -3.21. The Hall–Kier alpha value is -0.330. The molecular weight excluding hydrogens is 538 g/mol. The lowest BCUT2D eigenvalue weighted by Crippen LogP contribution is -2.46. The summed E-state index contributed by atoms with van der Waals surface area (Å²) in [5, 5.41) is 17.5. The maximum atomic E-state index is 11.8. The average Bonchev–Trinajstić information content (AvgIpc) is 3.05. The highest BCUT2D eigenvalue weighted by molar-refractivity contribution is 14.0. The molecule has 0 radical (unpaired) electrons. The Kier molecular flexibility index (Phi) is 10.8. The first-order valence-corrected chi connectivity index (χ1v) is 11.4. The van der Waals surface area contributed by atoms with Crippen LogP contribution in [0.25, 0.3) is 0 Å². The van der Waals surface area contributed by atoms with Crippen molar-refractivity contribution in [3.63, 3.8) is 0 Å². The Morgan fingerprint density at radius 1 is 1.32 bits per heavy atom. The fraction of sp³-hybridized carbons (Fsp3) is 0.588. The molecule has 0 spiro atoms. The molecule has 2 rings (SSSR count). The quantitative estimate of drug-likeness (QED) is 0.269. The summed E-state index contributed by atoms with van der Waals surface area (Å²) >= 11 is 11.9. The number of benzene rings is 1. The van der Waals surface area contributed by atoms with Gasteiger partial charge in [-0.3, -0.25) is 4.99 Å². The highest BCUT2D eigenvalue weighted by Crippen LogP contribution is 2.24. The normalized spacial score (nSPS) is 19.2. The van der Waals surface area contributed by atoms with Gasteiger partial charge in [-0.25, -0.2) is 8.42 Å². The molecule has 0 aromatic heterocycles. The number of guanidine groups is 1. The fourth-order valence-electron chi connectivity index (χ4n) is 3.06. The van der Waals surface area contributed by atoms with Gasteiger partial charge in [-0.15, -0.1) is 24.0 Å². The molecule has 160 valence electrons. The molecule has 1 fully saturated rings. The maximum absolute atomic E-state index is 11.8. The molecule has 1 saturated heterocycles. The highest BCUT2D eigenvalue weighted by atomic mass is 127. The molecular formula is C17H27Cl2IN4O3S. The lowest BCUT2D eigenvalue weighted by atomic mass is 10.1. The summed E-state index contributed by atoms with van der Waals surface area (Å²) in [6, 6.07) is 4.80. The number of rotatable bonds is 7. The minimum Gasteiger partial charge on any atom is -0.386 e. The van der Waals surface area contributed by atoms with Crippen LogP contribution in [0.3, 0.4) is 0 Å². The van der Waals surface area contributed by atoms with E-state index in [4.69, 9.17) is 23.2 Å². The van der Waals surface area contributed by atoms with Crippen molar-refractivity contribution < 1.29 is 13.5 Å². The maximum Gasteiger partial charge on any atom is 0.211 e. The number of aliphatic hydroxyl groups excluding tert-OH is 1. The third-order valence-corrected chi connectivity index (χ3v) is 6.06. The number of halogens is 3. The smallest absolute Gasteiger partial charge is 0.211 e. The zero-order valence-corrected chi connectivity index (χ0v) is 20.5. The van der Waals surface area contributed by atoms with Crippen LogP contribution >= 0.6 is 47.2 Å². The summed E-state index contributed by atoms with van der Waals surface area (Å²) in [4.78, 5) is 4.39. The summed E-state index contributed by atoms with van der Waals surface area (Å²) < 4.78 is 25.2. The molecule has 1 aliphatic rings. The van der Waals surface area contributed by atoms with Crippen LogP contribution in [0, 0.1) is 0 Å². The molecule has 11 heteroatoms. The van der Waals surface area contributed by atoms with Gasteiger partial charge in [0.25, 0.3) is 0 Å². The van der Waals surface area contributed by atoms with Crippen molar-refractivity contribution in [1.82, 2.24) is 14.9 Å². The summed E-state index contributed by atoms with van der Waals surface area (Å²) in [5.74, 6) is 0.519. The Morgan fingerprint density at radius 3 is 2.54 bits per heavy atom. The van der Waals surface area contributed by atoms with E-state index in [-0.39, 0.29) is 36.6 Å². The van der Waals surface area contributed by atoms with Gasteiger partial charge >= 0.3 is 0 Å². The van der Waals surface area contributed by atoms with Gasteiger partial charge in [-0.2, -0.15) is 4.31 Å². The number of sulfonamides is 1. The standard InChI is InChI=1S/C17H26Cl2N4O3S.HI/c1-3-20-17(21-10-15-5-4-6-23(15)27(2,25)26)22-11-16(24)12-7-13(18)9-14(19)8-12;/h7-9,15-16,24H,3-6,10-11H2,1-2H3,(H2,20,21,22);1H/t15-,16?;/m1./s1. The van der Waals surface area contributed by atoms with Crippen molar-refractivity contribution >= 4 is 63.2 Å². The van der Waals surface area contributed by atoms with E-state index in [2.05, 4.69) is 15.6 Å². The van der Waals surface area contributed by atoms with E-state index in [9.17, 15) is 13.5 Å². The third kappa shape index (κ3) is 7.83. The molecule has 1 unspecified atom stereocenters. The number of aliphatic hydroxyl groups is 1. The Labute approximate surface area is 194 Å². The number of aliphatic imine (C=N–C) groups is 1. The number of hydrogen-bond donors (Lipinski definition) is 3. The molecule has 0 aliphatic carbocycles. The molecule has 3 N–H and O–H groups in total. The number of hydrogen-bond acceptors (Lipinski definition) is 4. The van der Waals surface area contributed by atoms with E-state index in [0.717, 1.165) is 12.8 Å². The van der Waals surface area contributed by atoms with Crippen LogP contribution in [0.15, 0.2) is 23.2 Å².